The van der Waals surface area contributed by atoms with Gasteiger partial charge in [0.15, 0.2) is 0 Å². The Labute approximate surface area is 126 Å². The fourth-order valence-corrected chi connectivity index (χ4v) is 3.09. The SMILES string of the molecule is CC(C)(NC(=O)c1ccc(C#CCN)s1)c1nccs1. The zero-order chi connectivity index (χ0) is 14.6. The Morgan fingerprint density at radius 2 is 2.30 bits per heavy atom. The molecule has 0 fully saturated rings. The first kappa shape index (κ1) is 14.7. The number of nitrogens with one attached hydrogen (secondary N) is 1. The van der Waals surface area contributed by atoms with Gasteiger partial charge in [0.25, 0.3) is 5.91 Å². The topological polar surface area (TPSA) is 68.0 Å². The van der Waals surface area contributed by atoms with E-state index in [0.29, 0.717) is 11.4 Å². The molecule has 1 amide bonds. The van der Waals surface area contributed by atoms with Crippen LogP contribution in [0.4, 0.5) is 0 Å². The van der Waals surface area contributed by atoms with E-state index >= 15 is 0 Å². The first-order valence-electron chi connectivity index (χ1n) is 6.04. The number of rotatable bonds is 3. The van der Waals surface area contributed by atoms with Gasteiger partial charge >= 0.3 is 0 Å². The number of carbonyl (C=O) groups is 1. The summed E-state index contributed by atoms with van der Waals surface area (Å²) in [6, 6.07) is 3.61. The highest BCUT2D eigenvalue weighted by Crippen LogP contribution is 2.23. The normalized spacial score (nSPS) is 10.8. The number of carbonyl (C=O) groups excluding carboxylic acids is 1. The number of amides is 1. The lowest BCUT2D eigenvalue weighted by Crippen LogP contribution is -2.40. The van der Waals surface area contributed by atoms with Gasteiger partial charge in [0.05, 0.1) is 21.8 Å². The lowest BCUT2D eigenvalue weighted by Gasteiger charge is -2.23. The van der Waals surface area contributed by atoms with Gasteiger partial charge in [0.1, 0.15) is 5.01 Å². The van der Waals surface area contributed by atoms with Crippen molar-refractivity contribution in [1.82, 2.24) is 10.3 Å². The van der Waals surface area contributed by atoms with Crippen molar-refractivity contribution in [2.75, 3.05) is 6.54 Å². The molecule has 104 valence electrons. The second kappa shape index (κ2) is 6.18. The van der Waals surface area contributed by atoms with Gasteiger partial charge in [-0.1, -0.05) is 11.8 Å². The van der Waals surface area contributed by atoms with Crippen LogP contribution in [0.3, 0.4) is 0 Å². The minimum Gasteiger partial charge on any atom is -0.340 e. The van der Waals surface area contributed by atoms with E-state index in [1.807, 2.05) is 25.3 Å². The molecule has 0 saturated heterocycles. The summed E-state index contributed by atoms with van der Waals surface area (Å²) >= 11 is 2.89. The molecule has 0 spiro atoms. The number of aromatic nitrogens is 1. The number of hydrogen-bond donors (Lipinski definition) is 2. The summed E-state index contributed by atoms with van der Waals surface area (Å²) in [5.74, 6) is 5.58. The van der Waals surface area contributed by atoms with Crippen LogP contribution in [0.5, 0.6) is 0 Å². The Balaban J connectivity index is 2.10. The zero-order valence-electron chi connectivity index (χ0n) is 11.3. The third-order valence-corrected chi connectivity index (χ3v) is 4.63. The number of thiazole rings is 1. The van der Waals surface area contributed by atoms with Crippen molar-refractivity contribution in [3.8, 4) is 11.8 Å². The standard InChI is InChI=1S/C14H15N3OS2/c1-14(2,13-16-8-9-19-13)17-12(18)11-6-5-10(20-11)4-3-7-15/h5-6,8-9H,7,15H2,1-2H3,(H,17,18). The predicted molar refractivity (Wildman–Crippen MR) is 82.9 cm³/mol. The van der Waals surface area contributed by atoms with Crippen molar-refractivity contribution in [2.45, 2.75) is 19.4 Å². The molecule has 4 nitrogen and oxygen atoms in total. The van der Waals surface area contributed by atoms with Gasteiger partial charge in [-0.2, -0.15) is 0 Å². The Morgan fingerprint density at radius 3 is 2.95 bits per heavy atom. The molecule has 0 saturated carbocycles. The molecule has 0 aliphatic carbocycles. The van der Waals surface area contributed by atoms with Crippen molar-refractivity contribution in [3.63, 3.8) is 0 Å². The van der Waals surface area contributed by atoms with Crippen LogP contribution in [0.25, 0.3) is 0 Å². The van der Waals surface area contributed by atoms with Crippen molar-refractivity contribution < 1.29 is 4.79 Å². The van der Waals surface area contributed by atoms with E-state index in [0.717, 1.165) is 9.88 Å². The van der Waals surface area contributed by atoms with Crippen LogP contribution in [-0.4, -0.2) is 17.4 Å². The molecule has 0 aliphatic heterocycles. The van der Waals surface area contributed by atoms with E-state index in [4.69, 9.17) is 5.73 Å². The van der Waals surface area contributed by atoms with Crippen LogP contribution < -0.4 is 11.1 Å². The van der Waals surface area contributed by atoms with Gasteiger partial charge in [-0.3, -0.25) is 4.79 Å². The molecular formula is C14H15N3OS2. The minimum absolute atomic E-state index is 0.115. The second-order valence-corrected chi connectivity index (χ2v) is 6.56. The van der Waals surface area contributed by atoms with Gasteiger partial charge in [-0.25, -0.2) is 4.98 Å². The molecule has 0 aliphatic rings. The molecule has 0 unspecified atom stereocenters. The summed E-state index contributed by atoms with van der Waals surface area (Å²) in [7, 11) is 0. The number of thiophene rings is 1. The van der Waals surface area contributed by atoms with Gasteiger partial charge < -0.3 is 11.1 Å². The van der Waals surface area contributed by atoms with Crippen LogP contribution in [0.2, 0.25) is 0 Å². The molecule has 20 heavy (non-hydrogen) atoms. The first-order valence-corrected chi connectivity index (χ1v) is 7.74. The average Bonchev–Trinajstić information content (AvgIpc) is 3.07. The largest absolute Gasteiger partial charge is 0.340 e. The summed E-state index contributed by atoms with van der Waals surface area (Å²) < 4.78 is 0. The summed E-state index contributed by atoms with van der Waals surface area (Å²) in [6.07, 6.45) is 1.74. The third kappa shape index (κ3) is 3.45. The van der Waals surface area contributed by atoms with E-state index in [9.17, 15) is 4.79 Å². The van der Waals surface area contributed by atoms with Crippen LogP contribution in [0.15, 0.2) is 23.7 Å². The maximum absolute atomic E-state index is 12.2. The highest BCUT2D eigenvalue weighted by atomic mass is 32.1. The Morgan fingerprint density at radius 1 is 1.50 bits per heavy atom. The van der Waals surface area contributed by atoms with E-state index in [1.165, 1.54) is 22.7 Å². The quantitative estimate of drug-likeness (QED) is 0.854. The molecule has 2 rings (SSSR count). The molecule has 2 heterocycles. The maximum Gasteiger partial charge on any atom is 0.262 e. The van der Waals surface area contributed by atoms with Crippen molar-refractivity contribution in [3.05, 3.63) is 38.5 Å². The van der Waals surface area contributed by atoms with Gasteiger partial charge in [0, 0.05) is 11.6 Å². The number of nitrogens with zero attached hydrogens (tertiary/aromatic N) is 1. The summed E-state index contributed by atoms with van der Waals surface area (Å²) in [5.41, 5.74) is 4.84. The fourth-order valence-electron chi connectivity index (χ4n) is 1.60. The van der Waals surface area contributed by atoms with E-state index in [-0.39, 0.29) is 5.91 Å². The highest BCUT2D eigenvalue weighted by Gasteiger charge is 2.26. The summed E-state index contributed by atoms with van der Waals surface area (Å²) in [4.78, 5) is 18.0. The molecule has 6 heteroatoms. The molecule has 3 N–H and O–H groups in total. The number of hydrogen-bond acceptors (Lipinski definition) is 5. The Hall–Kier alpha value is -1.68. The van der Waals surface area contributed by atoms with E-state index < -0.39 is 5.54 Å². The Kier molecular flexibility index (Phi) is 4.55. The molecule has 0 radical (unpaired) electrons. The fraction of sp³-hybridized carbons (Fsp3) is 0.286. The lowest BCUT2D eigenvalue weighted by molar-refractivity contribution is 0.0916. The lowest BCUT2D eigenvalue weighted by atomic mass is 10.1. The smallest absolute Gasteiger partial charge is 0.262 e. The molecule has 0 atom stereocenters. The van der Waals surface area contributed by atoms with Gasteiger partial charge in [-0.15, -0.1) is 22.7 Å². The van der Waals surface area contributed by atoms with Crippen molar-refractivity contribution in [2.24, 2.45) is 5.73 Å². The molecule has 2 aromatic rings. The van der Waals surface area contributed by atoms with Gasteiger partial charge in [-0.05, 0) is 26.0 Å². The zero-order valence-corrected chi connectivity index (χ0v) is 12.9. The predicted octanol–water partition coefficient (Wildman–Crippen LogP) is 2.18. The molecule has 0 bridgehead atoms. The average molecular weight is 305 g/mol. The summed E-state index contributed by atoms with van der Waals surface area (Å²) in [6.45, 7) is 4.19. The van der Waals surface area contributed by atoms with Crippen LogP contribution in [0.1, 0.15) is 33.4 Å². The van der Waals surface area contributed by atoms with Crippen molar-refractivity contribution in [1.29, 1.82) is 0 Å². The van der Waals surface area contributed by atoms with E-state index in [1.54, 1.807) is 12.3 Å². The van der Waals surface area contributed by atoms with Crippen LogP contribution in [0, 0.1) is 11.8 Å². The number of nitrogens with two attached hydrogens (primary N) is 1. The third-order valence-electron chi connectivity index (χ3n) is 2.54. The monoisotopic (exact) mass is 305 g/mol. The maximum atomic E-state index is 12.2. The molecule has 0 aromatic carbocycles. The summed E-state index contributed by atoms with van der Waals surface area (Å²) in [5, 5.41) is 5.77. The van der Waals surface area contributed by atoms with Crippen molar-refractivity contribution >= 4 is 28.6 Å². The van der Waals surface area contributed by atoms with E-state index in [2.05, 4.69) is 22.1 Å². The van der Waals surface area contributed by atoms with Crippen LogP contribution >= 0.6 is 22.7 Å². The Bertz CT molecular complexity index is 648. The molecule has 2 aromatic heterocycles. The highest BCUT2D eigenvalue weighted by molar-refractivity contribution is 7.14. The minimum atomic E-state index is -0.488. The van der Waals surface area contributed by atoms with Gasteiger partial charge in [0.2, 0.25) is 0 Å². The van der Waals surface area contributed by atoms with Crippen LogP contribution in [-0.2, 0) is 5.54 Å². The first-order chi connectivity index (χ1) is 9.53. The second-order valence-electron chi connectivity index (χ2n) is 4.59. The molecular weight excluding hydrogens is 290 g/mol.